The van der Waals surface area contributed by atoms with Crippen LogP contribution in [0.2, 0.25) is 5.02 Å². The number of fused-ring (bicyclic) bond motifs is 2. The molecule has 2 heterocycles. The number of amides is 1. The predicted octanol–water partition coefficient (Wildman–Crippen LogP) is 5.36. The van der Waals surface area contributed by atoms with Gasteiger partial charge in [-0.05, 0) is 82.4 Å². The first-order valence-electron chi connectivity index (χ1n) is 8.88. The lowest BCUT2D eigenvalue weighted by Crippen LogP contribution is -2.35. The Balaban J connectivity index is 1.84. The lowest BCUT2D eigenvalue weighted by molar-refractivity contribution is -0.119. The van der Waals surface area contributed by atoms with Crippen LogP contribution in [0.4, 0.5) is 0 Å². The molecule has 1 aliphatic carbocycles. The van der Waals surface area contributed by atoms with E-state index in [1.165, 1.54) is 22.4 Å². The van der Waals surface area contributed by atoms with Crippen molar-refractivity contribution in [2.24, 2.45) is 5.92 Å². The Morgan fingerprint density at radius 2 is 1.85 bits per heavy atom. The predicted molar refractivity (Wildman–Crippen MR) is 111 cm³/mol. The van der Waals surface area contributed by atoms with Gasteiger partial charge in [0.05, 0.1) is 5.69 Å². The van der Waals surface area contributed by atoms with Crippen molar-refractivity contribution in [3.8, 4) is 0 Å². The van der Waals surface area contributed by atoms with Crippen molar-refractivity contribution >= 4 is 49.9 Å². The molecule has 1 saturated heterocycles. The molecule has 1 aliphatic heterocycles. The van der Waals surface area contributed by atoms with Crippen LogP contribution in [-0.4, -0.2) is 29.4 Å². The van der Waals surface area contributed by atoms with Crippen molar-refractivity contribution in [2.75, 3.05) is 13.1 Å². The van der Waals surface area contributed by atoms with Crippen LogP contribution in [-0.2, 0) is 17.6 Å². The van der Waals surface area contributed by atoms with Gasteiger partial charge in [0.2, 0.25) is 6.41 Å². The van der Waals surface area contributed by atoms with Crippen molar-refractivity contribution in [3.05, 3.63) is 60.7 Å². The van der Waals surface area contributed by atoms with E-state index in [-0.39, 0.29) is 5.92 Å². The van der Waals surface area contributed by atoms with Gasteiger partial charge in [-0.1, -0.05) is 27.5 Å². The third kappa shape index (κ3) is 3.46. The van der Waals surface area contributed by atoms with E-state index in [0.717, 1.165) is 59.2 Å². The van der Waals surface area contributed by atoms with Crippen LogP contribution in [0.5, 0.6) is 0 Å². The first-order chi connectivity index (χ1) is 12.6. The van der Waals surface area contributed by atoms with Gasteiger partial charge in [-0.25, -0.2) is 0 Å². The second-order valence-electron chi connectivity index (χ2n) is 7.11. The Labute approximate surface area is 175 Å². The third-order valence-corrected chi connectivity index (χ3v) is 6.92. The summed E-state index contributed by atoms with van der Waals surface area (Å²) in [5.74, 6) is 0.698. The maximum atomic E-state index is 11.1. The second-order valence-corrected chi connectivity index (χ2v) is 9.32. The lowest BCUT2D eigenvalue weighted by atomic mass is 9.76. The van der Waals surface area contributed by atoms with Crippen molar-refractivity contribution in [2.45, 2.75) is 31.6 Å². The summed E-state index contributed by atoms with van der Waals surface area (Å²) >= 11 is 13.7. The number of halogens is 3. The van der Waals surface area contributed by atoms with Crippen molar-refractivity contribution in [1.82, 2.24) is 9.88 Å². The zero-order valence-corrected chi connectivity index (χ0v) is 18.1. The molecule has 2 aromatic rings. The number of rotatable bonds is 2. The van der Waals surface area contributed by atoms with E-state index in [1.807, 2.05) is 17.2 Å². The number of aromatic nitrogens is 1. The van der Waals surface area contributed by atoms with Gasteiger partial charge in [0, 0.05) is 39.2 Å². The number of likely N-dealkylation sites (tertiary alicyclic amines) is 1. The summed E-state index contributed by atoms with van der Waals surface area (Å²) in [5, 5.41) is 0.769. The van der Waals surface area contributed by atoms with E-state index in [0.29, 0.717) is 5.92 Å². The Morgan fingerprint density at radius 3 is 2.58 bits per heavy atom. The molecule has 4 rings (SSSR count). The smallest absolute Gasteiger partial charge is 0.209 e. The van der Waals surface area contributed by atoms with Crippen LogP contribution in [0, 0.1) is 5.92 Å². The SMILES string of the molecule is O=CN1CCC([C@H]2c3ncc(Br)cc3CCc3cc(Cl)cc(Br)c32)CC1. The van der Waals surface area contributed by atoms with E-state index in [1.54, 1.807) is 0 Å². The number of hydrogen-bond donors (Lipinski definition) is 0. The minimum atomic E-state index is 0.232. The molecule has 1 aromatic heterocycles. The highest BCUT2D eigenvalue weighted by atomic mass is 79.9. The molecule has 0 unspecified atom stereocenters. The van der Waals surface area contributed by atoms with Gasteiger partial charge in [0.25, 0.3) is 0 Å². The second kappa shape index (κ2) is 7.61. The number of benzene rings is 1. The van der Waals surface area contributed by atoms with Crippen LogP contribution in [0.1, 0.15) is 41.1 Å². The number of carbonyl (C=O) groups is 1. The first-order valence-corrected chi connectivity index (χ1v) is 10.8. The molecule has 1 fully saturated rings. The fourth-order valence-electron chi connectivity index (χ4n) is 4.39. The van der Waals surface area contributed by atoms with Gasteiger partial charge >= 0.3 is 0 Å². The highest BCUT2D eigenvalue weighted by Gasteiger charge is 2.35. The van der Waals surface area contributed by atoms with Gasteiger partial charge in [-0.3, -0.25) is 9.78 Å². The molecule has 3 nitrogen and oxygen atoms in total. The van der Waals surface area contributed by atoms with Crippen LogP contribution in [0.25, 0.3) is 0 Å². The monoisotopic (exact) mass is 496 g/mol. The van der Waals surface area contributed by atoms with Crippen LogP contribution >= 0.6 is 43.5 Å². The van der Waals surface area contributed by atoms with Crippen LogP contribution in [0.15, 0.2) is 33.3 Å². The molecule has 1 aromatic carbocycles. The highest BCUT2D eigenvalue weighted by Crippen LogP contribution is 2.46. The first kappa shape index (κ1) is 18.5. The number of hydrogen-bond acceptors (Lipinski definition) is 2. The molecule has 0 bridgehead atoms. The number of nitrogens with zero attached hydrogens (tertiary/aromatic N) is 2. The lowest BCUT2D eigenvalue weighted by Gasteiger charge is -2.35. The summed E-state index contributed by atoms with van der Waals surface area (Å²) < 4.78 is 2.09. The summed E-state index contributed by atoms with van der Waals surface area (Å²) in [7, 11) is 0. The topological polar surface area (TPSA) is 33.2 Å². The third-order valence-electron chi connectivity index (χ3n) is 5.61. The fraction of sp³-hybridized carbons (Fsp3) is 0.400. The Hall–Kier alpha value is -0.910. The molecule has 6 heteroatoms. The fourth-order valence-corrected chi connectivity index (χ4v) is 5.89. The van der Waals surface area contributed by atoms with Gasteiger partial charge in [-0.15, -0.1) is 0 Å². The zero-order valence-electron chi connectivity index (χ0n) is 14.2. The molecule has 26 heavy (non-hydrogen) atoms. The molecule has 1 atom stereocenters. The van der Waals surface area contributed by atoms with Gasteiger partial charge < -0.3 is 4.90 Å². The van der Waals surface area contributed by atoms with Crippen molar-refractivity contribution < 1.29 is 4.79 Å². The van der Waals surface area contributed by atoms with Gasteiger partial charge in [0.15, 0.2) is 0 Å². The molecular weight excluding hydrogens is 479 g/mol. The van der Waals surface area contributed by atoms with E-state index in [2.05, 4.69) is 44.0 Å². The molecule has 0 saturated carbocycles. The summed E-state index contributed by atoms with van der Waals surface area (Å²) in [5.41, 5.74) is 5.12. The van der Waals surface area contributed by atoms with Crippen molar-refractivity contribution in [3.63, 3.8) is 0 Å². The molecule has 1 amide bonds. The average Bonchev–Trinajstić information content (AvgIpc) is 2.78. The number of piperidine rings is 1. The quantitative estimate of drug-likeness (QED) is 0.523. The summed E-state index contributed by atoms with van der Waals surface area (Å²) in [6, 6.07) is 6.31. The highest BCUT2D eigenvalue weighted by molar-refractivity contribution is 9.10. The summed E-state index contributed by atoms with van der Waals surface area (Å²) in [6.07, 6.45) is 6.79. The number of pyridine rings is 1. The van der Waals surface area contributed by atoms with Gasteiger partial charge in [0.1, 0.15) is 0 Å². The van der Waals surface area contributed by atoms with E-state index >= 15 is 0 Å². The Bertz CT molecular complexity index is 850. The van der Waals surface area contributed by atoms with Crippen molar-refractivity contribution in [1.29, 1.82) is 0 Å². The van der Waals surface area contributed by atoms with Crippen LogP contribution < -0.4 is 0 Å². The Morgan fingerprint density at radius 1 is 1.12 bits per heavy atom. The zero-order chi connectivity index (χ0) is 18.3. The van der Waals surface area contributed by atoms with E-state index in [9.17, 15) is 4.79 Å². The maximum absolute atomic E-state index is 11.1. The average molecular weight is 499 g/mol. The maximum Gasteiger partial charge on any atom is 0.209 e. The Kier molecular flexibility index (Phi) is 5.40. The largest absolute Gasteiger partial charge is 0.345 e. The molecular formula is C20H19Br2ClN2O. The van der Waals surface area contributed by atoms with E-state index in [4.69, 9.17) is 16.6 Å². The molecule has 0 spiro atoms. The standard InChI is InChI=1S/C20H19Br2ClN2O/c21-15-7-14-2-1-13-8-16(23)9-17(22)18(13)19(20(14)24-10-15)12-3-5-25(11-26)6-4-12/h7-12,19H,1-6H2/t19-/m1/s1. The normalized spacial score (nSPS) is 20.3. The molecule has 2 aliphatic rings. The summed E-state index contributed by atoms with van der Waals surface area (Å²) in [6.45, 7) is 1.63. The van der Waals surface area contributed by atoms with Crippen LogP contribution in [0.3, 0.4) is 0 Å². The number of aryl methyl sites for hydroxylation is 2. The molecule has 136 valence electrons. The minimum Gasteiger partial charge on any atom is -0.345 e. The summed E-state index contributed by atoms with van der Waals surface area (Å²) in [4.78, 5) is 17.8. The number of carbonyl (C=O) groups excluding carboxylic acids is 1. The van der Waals surface area contributed by atoms with E-state index < -0.39 is 0 Å². The minimum absolute atomic E-state index is 0.232. The van der Waals surface area contributed by atoms with Gasteiger partial charge in [-0.2, -0.15) is 0 Å². The molecule has 0 radical (unpaired) electrons. The molecule has 0 N–H and O–H groups in total.